The molecule has 0 aromatic heterocycles. The van der Waals surface area contributed by atoms with E-state index in [0.29, 0.717) is 29.9 Å². The molecule has 0 bridgehead atoms. The predicted molar refractivity (Wildman–Crippen MR) is 134 cm³/mol. The van der Waals surface area contributed by atoms with Crippen LogP contribution in [0.25, 0.3) is 0 Å². The summed E-state index contributed by atoms with van der Waals surface area (Å²) >= 11 is 1.55. The average Bonchev–Trinajstić information content (AvgIpc) is 3.11. The molecule has 3 fully saturated rings. The maximum absolute atomic E-state index is 12.1. The van der Waals surface area contributed by atoms with Crippen LogP contribution in [0.5, 0.6) is 0 Å². The molecule has 8 heteroatoms. The van der Waals surface area contributed by atoms with Gasteiger partial charge in [-0.3, -0.25) is 4.79 Å². The molecule has 34 heavy (non-hydrogen) atoms. The maximum Gasteiger partial charge on any atom is 0.326 e. The van der Waals surface area contributed by atoms with Crippen LogP contribution in [0.1, 0.15) is 71.6 Å². The lowest BCUT2D eigenvalue weighted by atomic mass is 9.47. The minimum absolute atomic E-state index is 0.101. The number of carbonyl (C=O) groups excluding carboxylic acids is 1. The van der Waals surface area contributed by atoms with E-state index in [1.54, 1.807) is 11.8 Å². The summed E-state index contributed by atoms with van der Waals surface area (Å²) in [6.45, 7) is 4.47. The Kier molecular flexibility index (Phi) is 7.67. The Labute approximate surface area is 207 Å². The Balaban J connectivity index is 1.36. The summed E-state index contributed by atoms with van der Waals surface area (Å²) in [5, 5.41) is 26.6. The molecule has 5 unspecified atom stereocenters. The lowest BCUT2D eigenvalue weighted by molar-refractivity contribution is -0.142. The van der Waals surface area contributed by atoms with Gasteiger partial charge in [0.15, 0.2) is 6.61 Å². The molecule has 3 N–H and O–H groups in total. The molecule has 0 saturated heterocycles. The Hall–Kier alpha value is -1.54. The number of aliphatic hydroxyl groups is 1. The van der Waals surface area contributed by atoms with Crippen molar-refractivity contribution >= 4 is 29.4 Å². The highest BCUT2D eigenvalue weighted by Gasteiger charge is 2.58. The second-order valence-electron chi connectivity index (χ2n) is 11.2. The highest BCUT2D eigenvalue weighted by molar-refractivity contribution is 7.98. The van der Waals surface area contributed by atoms with Crippen molar-refractivity contribution in [2.24, 2.45) is 33.7 Å². The minimum atomic E-state index is -1.03. The van der Waals surface area contributed by atoms with Gasteiger partial charge in [-0.25, -0.2) is 4.79 Å². The van der Waals surface area contributed by atoms with Gasteiger partial charge in [0.05, 0.1) is 11.8 Å². The van der Waals surface area contributed by atoms with Crippen molar-refractivity contribution in [1.82, 2.24) is 5.32 Å². The van der Waals surface area contributed by atoms with Crippen molar-refractivity contribution in [2.75, 3.05) is 18.6 Å². The zero-order chi connectivity index (χ0) is 24.5. The van der Waals surface area contributed by atoms with Crippen molar-refractivity contribution in [3.05, 3.63) is 11.6 Å². The largest absolute Gasteiger partial charge is 0.480 e. The van der Waals surface area contributed by atoms with E-state index in [1.165, 1.54) is 18.4 Å². The number of thioether (sulfide) groups is 1. The van der Waals surface area contributed by atoms with E-state index >= 15 is 0 Å². The van der Waals surface area contributed by atoms with Crippen molar-refractivity contribution in [3.63, 3.8) is 0 Å². The van der Waals surface area contributed by atoms with Gasteiger partial charge in [0.1, 0.15) is 6.04 Å². The standard InChI is InChI=1S/C26H40N2O5S/c1-25-11-8-17(28-33-15-23(30)27-21(24(31)32)10-13-34-3)14-16(25)4-5-18-19-6-7-22(29)26(19,2)12-9-20(18)25/h14,18-22,29H,4-13,15H2,1-3H3,(H,27,30)(H,31,32)/t18?,19?,20?,21?,22?,25-,26-/m0/s1. The summed E-state index contributed by atoms with van der Waals surface area (Å²) in [5.41, 5.74) is 2.61. The van der Waals surface area contributed by atoms with Crippen molar-refractivity contribution < 1.29 is 24.6 Å². The molecule has 0 spiro atoms. The van der Waals surface area contributed by atoms with E-state index in [1.807, 2.05) is 6.26 Å². The second kappa shape index (κ2) is 10.2. The number of fused-ring (bicyclic) bond motifs is 5. The summed E-state index contributed by atoms with van der Waals surface area (Å²) in [5.74, 6) is 1.17. The fourth-order valence-electron chi connectivity index (χ4n) is 7.52. The molecule has 7 nitrogen and oxygen atoms in total. The molecule has 0 aromatic carbocycles. The Bertz CT molecular complexity index is 860. The molecular formula is C26H40N2O5S. The van der Waals surface area contributed by atoms with Gasteiger partial charge in [0.25, 0.3) is 5.91 Å². The molecular weight excluding hydrogens is 452 g/mol. The molecule has 190 valence electrons. The number of aliphatic hydroxyl groups excluding tert-OH is 1. The molecule has 3 saturated carbocycles. The highest BCUT2D eigenvalue weighted by Crippen LogP contribution is 2.65. The van der Waals surface area contributed by atoms with E-state index in [2.05, 4.69) is 30.4 Å². The first-order valence-electron chi connectivity index (χ1n) is 12.8. The molecule has 1 amide bonds. The molecule has 4 aliphatic carbocycles. The Morgan fingerprint density at radius 2 is 2.00 bits per heavy atom. The number of nitrogens with zero attached hydrogens (tertiary/aromatic N) is 1. The van der Waals surface area contributed by atoms with Gasteiger partial charge >= 0.3 is 5.97 Å². The van der Waals surface area contributed by atoms with Gasteiger partial charge in [0, 0.05) is 0 Å². The Morgan fingerprint density at radius 3 is 2.74 bits per heavy atom. The molecule has 0 radical (unpaired) electrons. The summed E-state index contributed by atoms with van der Waals surface area (Å²) in [6, 6.07) is -0.901. The van der Waals surface area contributed by atoms with Gasteiger partial charge < -0.3 is 20.4 Å². The van der Waals surface area contributed by atoms with E-state index in [0.717, 1.165) is 44.2 Å². The summed E-state index contributed by atoms with van der Waals surface area (Å²) in [7, 11) is 0. The second-order valence-corrected chi connectivity index (χ2v) is 12.2. The topological polar surface area (TPSA) is 108 Å². The Morgan fingerprint density at radius 1 is 1.21 bits per heavy atom. The number of hydrogen-bond donors (Lipinski definition) is 3. The van der Waals surface area contributed by atoms with Crippen molar-refractivity contribution in [2.45, 2.75) is 83.8 Å². The fraction of sp³-hybridized carbons (Fsp3) is 0.808. The third-order valence-electron chi connectivity index (χ3n) is 9.55. The minimum Gasteiger partial charge on any atom is -0.480 e. The van der Waals surface area contributed by atoms with Crippen molar-refractivity contribution in [1.29, 1.82) is 0 Å². The third-order valence-corrected chi connectivity index (χ3v) is 10.2. The lowest BCUT2D eigenvalue weighted by Crippen LogP contribution is -2.51. The van der Waals surface area contributed by atoms with Crippen LogP contribution in [-0.4, -0.2) is 58.6 Å². The number of rotatable bonds is 8. The maximum atomic E-state index is 12.1. The fourth-order valence-corrected chi connectivity index (χ4v) is 7.99. The van der Waals surface area contributed by atoms with Crippen LogP contribution in [0.15, 0.2) is 16.8 Å². The van der Waals surface area contributed by atoms with Gasteiger partial charge in [0.2, 0.25) is 0 Å². The molecule has 4 rings (SSSR count). The van der Waals surface area contributed by atoms with Crippen LogP contribution in [0.3, 0.4) is 0 Å². The zero-order valence-corrected chi connectivity index (χ0v) is 21.5. The normalized spacial score (nSPS) is 38.8. The first-order chi connectivity index (χ1) is 16.2. The number of carboxylic acids is 1. The summed E-state index contributed by atoms with van der Waals surface area (Å²) < 4.78 is 0. The number of aliphatic carboxylic acids is 1. The van der Waals surface area contributed by atoms with E-state index in [9.17, 15) is 19.8 Å². The number of hydrogen-bond acceptors (Lipinski definition) is 6. The van der Waals surface area contributed by atoms with E-state index in [-0.39, 0.29) is 23.5 Å². The van der Waals surface area contributed by atoms with Gasteiger partial charge in [-0.15, -0.1) is 0 Å². The van der Waals surface area contributed by atoms with Crippen LogP contribution in [0, 0.1) is 28.6 Å². The number of amides is 1. The number of carboxylic acid groups (broad SMARTS) is 1. The average molecular weight is 493 g/mol. The molecule has 0 aliphatic heterocycles. The van der Waals surface area contributed by atoms with Gasteiger partial charge in [-0.05, 0) is 104 Å². The van der Waals surface area contributed by atoms with Crippen LogP contribution >= 0.6 is 11.8 Å². The van der Waals surface area contributed by atoms with Crippen LogP contribution in [0.4, 0.5) is 0 Å². The first kappa shape index (κ1) is 25.5. The van der Waals surface area contributed by atoms with Crippen LogP contribution < -0.4 is 5.32 Å². The molecule has 0 heterocycles. The highest BCUT2D eigenvalue weighted by atomic mass is 32.2. The van der Waals surface area contributed by atoms with Crippen LogP contribution in [-0.2, 0) is 14.4 Å². The van der Waals surface area contributed by atoms with Gasteiger partial charge in [-0.1, -0.05) is 24.6 Å². The van der Waals surface area contributed by atoms with E-state index in [4.69, 9.17) is 4.84 Å². The quantitative estimate of drug-likeness (QED) is 0.442. The molecule has 4 aliphatic rings. The lowest BCUT2D eigenvalue weighted by Gasteiger charge is -2.57. The smallest absolute Gasteiger partial charge is 0.326 e. The monoisotopic (exact) mass is 492 g/mol. The molecule has 0 aromatic rings. The number of nitrogens with one attached hydrogen (secondary N) is 1. The SMILES string of the molecule is CSCCC(NC(=O)CON=C1C=C2CCC3C4CCC(O)[C@@]4(C)CCC3[C@@]2(C)CC1)C(=O)O. The number of carbonyl (C=O) groups is 2. The van der Waals surface area contributed by atoms with E-state index < -0.39 is 17.9 Å². The number of oxime groups is 1. The summed E-state index contributed by atoms with van der Waals surface area (Å²) in [6.07, 6.45) is 12.9. The summed E-state index contributed by atoms with van der Waals surface area (Å²) in [4.78, 5) is 28.8. The first-order valence-corrected chi connectivity index (χ1v) is 14.2. The van der Waals surface area contributed by atoms with Crippen LogP contribution in [0.2, 0.25) is 0 Å². The van der Waals surface area contributed by atoms with Gasteiger partial charge in [-0.2, -0.15) is 11.8 Å². The predicted octanol–water partition coefficient (Wildman–Crippen LogP) is 4.01. The zero-order valence-electron chi connectivity index (χ0n) is 20.7. The van der Waals surface area contributed by atoms with Crippen molar-refractivity contribution in [3.8, 4) is 0 Å². The number of allylic oxidation sites excluding steroid dienone is 2. The third kappa shape index (κ3) is 4.77. The molecule has 7 atom stereocenters.